The Kier molecular flexibility index (Phi) is 3.73. The Balaban J connectivity index is 1.99. The number of rotatable bonds is 4. The van der Waals surface area contributed by atoms with Crippen molar-refractivity contribution in [1.29, 1.82) is 0 Å². The summed E-state index contributed by atoms with van der Waals surface area (Å²) in [6.07, 6.45) is 1.97. The first-order valence-electron chi connectivity index (χ1n) is 7.84. The molecule has 0 radical (unpaired) electrons. The van der Waals surface area contributed by atoms with E-state index in [1.807, 2.05) is 94.4 Å². The number of nitrogens with zero attached hydrogens (tertiary/aromatic N) is 3. The number of pyridine rings is 1. The molecule has 2 aromatic heterocycles. The topological polar surface area (TPSA) is 40.8 Å². The van der Waals surface area contributed by atoms with Crippen molar-refractivity contribution < 1.29 is 5.11 Å². The molecule has 0 aliphatic heterocycles. The standard InChI is InChI=1S/C20H17N3O/c24-15-23(17-11-5-2-6-12-17)20-19(16-9-3-1-4-10-16)21-18-13-7-8-14-22(18)20/h1-14,24H,15H2. The van der Waals surface area contributed by atoms with E-state index in [9.17, 15) is 5.11 Å². The van der Waals surface area contributed by atoms with Crippen LogP contribution in [-0.2, 0) is 0 Å². The molecule has 1 N–H and O–H groups in total. The van der Waals surface area contributed by atoms with Crippen LogP contribution in [-0.4, -0.2) is 21.2 Å². The highest BCUT2D eigenvalue weighted by atomic mass is 16.3. The number of aliphatic hydroxyl groups is 1. The SMILES string of the molecule is OCN(c1ccccc1)c1c(-c2ccccc2)nc2ccccn12. The van der Waals surface area contributed by atoms with Gasteiger partial charge in [-0.3, -0.25) is 4.40 Å². The summed E-state index contributed by atoms with van der Waals surface area (Å²) in [5, 5.41) is 10.1. The van der Waals surface area contributed by atoms with Crippen LogP contribution in [0, 0.1) is 0 Å². The Bertz CT molecular complexity index is 948. The van der Waals surface area contributed by atoms with Gasteiger partial charge in [-0.2, -0.15) is 0 Å². The summed E-state index contributed by atoms with van der Waals surface area (Å²) in [4.78, 5) is 6.65. The van der Waals surface area contributed by atoms with Gasteiger partial charge in [0.25, 0.3) is 0 Å². The van der Waals surface area contributed by atoms with Crippen molar-refractivity contribution in [3.63, 3.8) is 0 Å². The van der Waals surface area contributed by atoms with Gasteiger partial charge in [0.15, 0.2) is 0 Å². The summed E-state index contributed by atoms with van der Waals surface area (Å²) in [6, 6.07) is 25.8. The molecule has 4 rings (SSSR count). The first-order valence-corrected chi connectivity index (χ1v) is 7.84. The minimum Gasteiger partial charge on any atom is -0.376 e. The fourth-order valence-electron chi connectivity index (χ4n) is 2.91. The normalized spacial score (nSPS) is 10.9. The summed E-state index contributed by atoms with van der Waals surface area (Å²) in [6.45, 7) is -0.132. The number of aliphatic hydroxyl groups excluding tert-OH is 1. The maximum absolute atomic E-state index is 10.1. The molecule has 2 heterocycles. The molecule has 4 heteroatoms. The van der Waals surface area contributed by atoms with Crippen molar-refractivity contribution in [2.24, 2.45) is 0 Å². The highest BCUT2D eigenvalue weighted by Gasteiger charge is 2.20. The zero-order chi connectivity index (χ0) is 16.4. The molecule has 4 nitrogen and oxygen atoms in total. The third kappa shape index (κ3) is 2.43. The van der Waals surface area contributed by atoms with E-state index in [0.29, 0.717) is 0 Å². The number of para-hydroxylation sites is 1. The molecule has 0 aliphatic carbocycles. The average Bonchev–Trinajstić information content (AvgIpc) is 3.04. The van der Waals surface area contributed by atoms with Gasteiger partial charge in [-0.05, 0) is 24.3 Å². The number of hydrogen-bond donors (Lipinski definition) is 1. The van der Waals surface area contributed by atoms with Gasteiger partial charge in [0.1, 0.15) is 23.9 Å². The summed E-state index contributed by atoms with van der Waals surface area (Å²) in [5.74, 6) is 0.852. The monoisotopic (exact) mass is 315 g/mol. The van der Waals surface area contributed by atoms with E-state index in [1.165, 1.54) is 0 Å². The molecule has 118 valence electrons. The van der Waals surface area contributed by atoms with Crippen LogP contribution >= 0.6 is 0 Å². The van der Waals surface area contributed by atoms with E-state index in [4.69, 9.17) is 4.98 Å². The minimum atomic E-state index is -0.132. The maximum atomic E-state index is 10.1. The van der Waals surface area contributed by atoms with Crippen LogP contribution < -0.4 is 4.90 Å². The fraction of sp³-hybridized carbons (Fsp3) is 0.0500. The Morgan fingerprint density at radius 3 is 2.21 bits per heavy atom. The third-order valence-corrected chi connectivity index (χ3v) is 4.02. The second-order valence-electron chi connectivity index (χ2n) is 5.48. The first-order chi connectivity index (χ1) is 11.9. The number of hydrogen-bond acceptors (Lipinski definition) is 3. The van der Waals surface area contributed by atoms with Crippen molar-refractivity contribution in [1.82, 2.24) is 9.38 Å². The lowest BCUT2D eigenvalue weighted by Crippen LogP contribution is -2.20. The molecule has 0 fully saturated rings. The van der Waals surface area contributed by atoms with E-state index < -0.39 is 0 Å². The minimum absolute atomic E-state index is 0.132. The molecule has 0 aliphatic rings. The van der Waals surface area contributed by atoms with Gasteiger partial charge < -0.3 is 10.0 Å². The van der Waals surface area contributed by atoms with Gasteiger partial charge in [-0.25, -0.2) is 4.98 Å². The number of aromatic nitrogens is 2. The molecule has 0 bridgehead atoms. The van der Waals surface area contributed by atoms with Gasteiger partial charge in [0.2, 0.25) is 0 Å². The van der Waals surface area contributed by atoms with E-state index in [-0.39, 0.29) is 6.73 Å². The molecule has 0 amide bonds. The number of anilines is 2. The third-order valence-electron chi connectivity index (χ3n) is 4.02. The molecule has 24 heavy (non-hydrogen) atoms. The van der Waals surface area contributed by atoms with Crippen LogP contribution in [0.5, 0.6) is 0 Å². The molecule has 0 saturated heterocycles. The molecule has 0 spiro atoms. The highest BCUT2D eigenvalue weighted by molar-refractivity contribution is 5.80. The largest absolute Gasteiger partial charge is 0.376 e. The van der Waals surface area contributed by atoms with E-state index >= 15 is 0 Å². The van der Waals surface area contributed by atoms with Gasteiger partial charge in [0, 0.05) is 17.4 Å². The average molecular weight is 315 g/mol. The van der Waals surface area contributed by atoms with Crippen molar-refractivity contribution in [2.45, 2.75) is 0 Å². The fourth-order valence-corrected chi connectivity index (χ4v) is 2.91. The van der Waals surface area contributed by atoms with Crippen molar-refractivity contribution >= 4 is 17.2 Å². The van der Waals surface area contributed by atoms with Gasteiger partial charge in [-0.15, -0.1) is 0 Å². The lowest BCUT2D eigenvalue weighted by molar-refractivity contribution is 0.304. The van der Waals surface area contributed by atoms with Crippen molar-refractivity contribution in [3.8, 4) is 11.3 Å². The predicted molar refractivity (Wildman–Crippen MR) is 96.3 cm³/mol. The van der Waals surface area contributed by atoms with Crippen molar-refractivity contribution in [2.75, 3.05) is 11.6 Å². The molecular weight excluding hydrogens is 298 g/mol. The number of benzene rings is 2. The molecule has 0 atom stereocenters. The number of fused-ring (bicyclic) bond motifs is 1. The summed E-state index contributed by atoms with van der Waals surface area (Å²) >= 11 is 0. The molecule has 0 unspecified atom stereocenters. The Morgan fingerprint density at radius 2 is 1.50 bits per heavy atom. The van der Waals surface area contributed by atoms with Crippen LogP contribution in [0.4, 0.5) is 11.5 Å². The van der Waals surface area contributed by atoms with E-state index in [2.05, 4.69) is 0 Å². The predicted octanol–water partition coefficient (Wildman–Crippen LogP) is 4.09. The lowest BCUT2D eigenvalue weighted by atomic mass is 10.1. The first kappa shape index (κ1) is 14.5. The zero-order valence-electron chi connectivity index (χ0n) is 13.1. The number of imidazole rings is 1. The molecule has 2 aromatic carbocycles. The van der Waals surface area contributed by atoms with Crippen LogP contribution in [0.1, 0.15) is 0 Å². The van der Waals surface area contributed by atoms with Gasteiger partial charge in [0.05, 0.1) is 0 Å². The molecular formula is C20H17N3O. The second kappa shape index (κ2) is 6.18. The zero-order valence-corrected chi connectivity index (χ0v) is 13.1. The second-order valence-corrected chi connectivity index (χ2v) is 5.48. The van der Waals surface area contributed by atoms with Crippen LogP contribution in [0.2, 0.25) is 0 Å². The van der Waals surface area contributed by atoms with E-state index in [0.717, 1.165) is 28.4 Å². The Morgan fingerprint density at radius 1 is 0.833 bits per heavy atom. The smallest absolute Gasteiger partial charge is 0.147 e. The van der Waals surface area contributed by atoms with Crippen LogP contribution in [0.25, 0.3) is 16.9 Å². The maximum Gasteiger partial charge on any atom is 0.147 e. The van der Waals surface area contributed by atoms with Crippen LogP contribution in [0.3, 0.4) is 0 Å². The van der Waals surface area contributed by atoms with Crippen LogP contribution in [0.15, 0.2) is 85.1 Å². The van der Waals surface area contributed by atoms with Crippen molar-refractivity contribution in [3.05, 3.63) is 85.1 Å². The van der Waals surface area contributed by atoms with Gasteiger partial charge in [-0.1, -0.05) is 54.6 Å². The summed E-state index contributed by atoms with van der Waals surface area (Å²) in [7, 11) is 0. The quantitative estimate of drug-likeness (QED) is 0.577. The summed E-state index contributed by atoms with van der Waals surface area (Å²) < 4.78 is 2.01. The molecule has 0 saturated carbocycles. The lowest BCUT2D eigenvalue weighted by Gasteiger charge is -2.23. The Labute approximate surface area is 140 Å². The molecule has 4 aromatic rings. The van der Waals surface area contributed by atoms with E-state index in [1.54, 1.807) is 0 Å². The van der Waals surface area contributed by atoms with Gasteiger partial charge >= 0.3 is 0 Å². The summed E-state index contributed by atoms with van der Waals surface area (Å²) in [5.41, 5.74) is 3.63. The Hall–Kier alpha value is -3.11. The highest BCUT2D eigenvalue weighted by Crippen LogP contribution is 2.35.